The van der Waals surface area contributed by atoms with Crippen LogP contribution in [-0.2, 0) is 9.59 Å². The molecule has 0 spiro atoms. The number of hydrogen-bond donors (Lipinski definition) is 0. The van der Waals surface area contributed by atoms with Crippen LogP contribution in [0, 0.1) is 0 Å². The minimum atomic E-state index is -0.579. The van der Waals surface area contributed by atoms with Gasteiger partial charge in [0.15, 0.2) is 0 Å². The Labute approximate surface area is 122 Å². The van der Waals surface area contributed by atoms with E-state index in [1.807, 2.05) is 0 Å². The molecule has 1 aromatic rings. The van der Waals surface area contributed by atoms with Crippen molar-refractivity contribution in [2.45, 2.75) is 12.8 Å². The number of halogens is 1. The van der Waals surface area contributed by atoms with Gasteiger partial charge in [0.25, 0.3) is 11.7 Å². The smallest absolute Gasteiger partial charge is 0.299 e. The first-order valence-corrected chi connectivity index (χ1v) is 6.66. The van der Waals surface area contributed by atoms with Crippen molar-refractivity contribution in [2.75, 3.05) is 25.5 Å². The number of ketones is 1. The normalized spacial score (nSPS) is 13.7. The van der Waals surface area contributed by atoms with Gasteiger partial charge in [0.2, 0.25) is 5.91 Å². The highest BCUT2D eigenvalue weighted by Crippen LogP contribution is 2.34. The van der Waals surface area contributed by atoms with Crippen molar-refractivity contribution in [2.24, 2.45) is 0 Å². The van der Waals surface area contributed by atoms with Crippen LogP contribution in [0.4, 0.5) is 5.69 Å². The molecule has 1 aliphatic heterocycles. The van der Waals surface area contributed by atoms with E-state index in [0.717, 1.165) is 0 Å². The van der Waals surface area contributed by atoms with Crippen LogP contribution in [0.2, 0.25) is 5.02 Å². The molecule has 5 nitrogen and oxygen atoms in total. The summed E-state index contributed by atoms with van der Waals surface area (Å²) < 4.78 is 0. The van der Waals surface area contributed by atoms with Gasteiger partial charge in [-0.3, -0.25) is 14.4 Å². The van der Waals surface area contributed by atoms with E-state index in [2.05, 4.69) is 0 Å². The van der Waals surface area contributed by atoms with Gasteiger partial charge in [0.05, 0.1) is 16.3 Å². The molecule has 0 N–H and O–H groups in total. The van der Waals surface area contributed by atoms with Crippen molar-refractivity contribution < 1.29 is 14.4 Å². The zero-order valence-corrected chi connectivity index (χ0v) is 12.1. The van der Waals surface area contributed by atoms with E-state index in [4.69, 9.17) is 11.6 Å². The molecule has 0 aliphatic carbocycles. The molecule has 106 valence electrons. The minimum Gasteiger partial charge on any atom is -0.349 e. The lowest BCUT2D eigenvalue weighted by Gasteiger charge is -2.17. The molecule has 0 atom stereocenters. The second kappa shape index (κ2) is 5.63. The van der Waals surface area contributed by atoms with Gasteiger partial charge >= 0.3 is 0 Å². The molecule has 6 heteroatoms. The number of hydrogen-bond acceptors (Lipinski definition) is 3. The molecule has 0 unspecified atom stereocenters. The maximum absolute atomic E-state index is 11.9. The highest BCUT2D eigenvalue weighted by atomic mass is 35.5. The van der Waals surface area contributed by atoms with Crippen molar-refractivity contribution in [3.63, 3.8) is 0 Å². The van der Waals surface area contributed by atoms with Gasteiger partial charge in [-0.15, -0.1) is 0 Å². The molecule has 0 bridgehead atoms. The second-order valence-electron chi connectivity index (χ2n) is 4.81. The predicted octanol–water partition coefficient (Wildman–Crippen LogP) is 1.74. The van der Waals surface area contributed by atoms with E-state index in [0.29, 0.717) is 25.1 Å². The van der Waals surface area contributed by atoms with Gasteiger partial charge in [-0.1, -0.05) is 17.7 Å². The molecule has 2 amide bonds. The Kier molecular flexibility index (Phi) is 4.09. The summed E-state index contributed by atoms with van der Waals surface area (Å²) in [5, 5.41) is 0.285. The first kappa shape index (κ1) is 14.5. The van der Waals surface area contributed by atoms with Crippen molar-refractivity contribution >= 4 is 34.9 Å². The van der Waals surface area contributed by atoms with Crippen LogP contribution in [0.1, 0.15) is 23.2 Å². The molecule has 0 fully saturated rings. The average Bonchev–Trinajstić information content (AvgIpc) is 2.64. The number of anilines is 1. The van der Waals surface area contributed by atoms with Crippen LogP contribution < -0.4 is 4.90 Å². The molecule has 20 heavy (non-hydrogen) atoms. The molecule has 0 saturated heterocycles. The standard InChI is InChI=1S/C14H15ClN2O3/c1-16(2)11(18)7-4-8-17-10-6-3-5-9(15)12(10)13(19)14(17)20/h3,5-6H,4,7-8H2,1-2H3. The van der Waals surface area contributed by atoms with Crippen molar-refractivity contribution in [3.8, 4) is 0 Å². The van der Waals surface area contributed by atoms with Gasteiger partial charge in [-0.05, 0) is 18.6 Å². The fourth-order valence-corrected chi connectivity index (χ4v) is 2.39. The molecule has 0 radical (unpaired) electrons. The lowest BCUT2D eigenvalue weighted by atomic mass is 10.1. The van der Waals surface area contributed by atoms with Crippen molar-refractivity contribution in [1.29, 1.82) is 0 Å². The Hall–Kier alpha value is -1.88. The van der Waals surface area contributed by atoms with E-state index in [1.54, 1.807) is 32.3 Å². The first-order valence-electron chi connectivity index (χ1n) is 6.28. The summed E-state index contributed by atoms with van der Waals surface area (Å²) in [6, 6.07) is 4.98. The number of nitrogens with zero attached hydrogens (tertiary/aromatic N) is 2. The van der Waals surface area contributed by atoms with E-state index in [1.165, 1.54) is 9.80 Å². The van der Waals surface area contributed by atoms with Gasteiger partial charge in [-0.25, -0.2) is 0 Å². The maximum Gasteiger partial charge on any atom is 0.299 e. The third-order valence-electron chi connectivity index (χ3n) is 3.22. The Balaban J connectivity index is 2.11. The van der Waals surface area contributed by atoms with Crippen LogP contribution in [0.3, 0.4) is 0 Å². The van der Waals surface area contributed by atoms with Crippen LogP contribution in [0.15, 0.2) is 18.2 Å². The fourth-order valence-electron chi connectivity index (χ4n) is 2.14. The molecule has 0 aromatic heterocycles. The van der Waals surface area contributed by atoms with Gasteiger partial charge < -0.3 is 9.80 Å². The third-order valence-corrected chi connectivity index (χ3v) is 3.54. The van der Waals surface area contributed by atoms with Crippen molar-refractivity contribution in [1.82, 2.24) is 4.90 Å². The van der Waals surface area contributed by atoms with E-state index < -0.39 is 11.7 Å². The second-order valence-corrected chi connectivity index (χ2v) is 5.22. The first-order chi connectivity index (χ1) is 9.43. The summed E-state index contributed by atoms with van der Waals surface area (Å²) in [4.78, 5) is 38.2. The van der Waals surface area contributed by atoms with E-state index in [-0.39, 0.29) is 16.5 Å². The Morgan fingerprint density at radius 1 is 1.30 bits per heavy atom. The van der Waals surface area contributed by atoms with Crippen LogP contribution in [0.5, 0.6) is 0 Å². The Morgan fingerprint density at radius 2 is 2.00 bits per heavy atom. The largest absolute Gasteiger partial charge is 0.349 e. The van der Waals surface area contributed by atoms with E-state index in [9.17, 15) is 14.4 Å². The van der Waals surface area contributed by atoms with Crippen LogP contribution >= 0.6 is 11.6 Å². The summed E-state index contributed by atoms with van der Waals surface area (Å²) in [5.74, 6) is -1.16. The van der Waals surface area contributed by atoms with Gasteiger partial charge in [0.1, 0.15) is 0 Å². The third kappa shape index (κ3) is 2.54. The Bertz CT molecular complexity index is 584. The number of rotatable bonds is 4. The van der Waals surface area contributed by atoms with Crippen molar-refractivity contribution in [3.05, 3.63) is 28.8 Å². The number of fused-ring (bicyclic) bond motifs is 1. The molecule has 1 heterocycles. The van der Waals surface area contributed by atoms with Gasteiger partial charge in [0, 0.05) is 27.1 Å². The molecule has 1 aromatic carbocycles. The Morgan fingerprint density at radius 3 is 2.65 bits per heavy atom. The molecule has 2 rings (SSSR count). The van der Waals surface area contributed by atoms with Crippen LogP contribution in [-0.4, -0.2) is 43.1 Å². The zero-order chi connectivity index (χ0) is 14.9. The maximum atomic E-state index is 11.9. The molecule has 1 aliphatic rings. The highest BCUT2D eigenvalue weighted by molar-refractivity contribution is 6.55. The lowest BCUT2D eigenvalue weighted by molar-refractivity contribution is -0.128. The predicted molar refractivity (Wildman–Crippen MR) is 76.1 cm³/mol. The summed E-state index contributed by atoms with van der Waals surface area (Å²) in [7, 11) is 3.36. The summed E-state index contributed by atoms with van der Waals surface area (Å²) >= 11 is 5.96. The topological polar surface area (TPSA) is 57.7 Å². The summed E-state index contributed by atoms with van der Waals surface area (Å²) in [6.07, 6.45) is 0.836. The minimum absolute atomic E-state index is 0.00529. The SMILES string of the molecule is CN(C)C(=O)CCCN1C(=O)C(=O)c2c(Cl)cccc21. The zero-order valence-electron chi connectivity index (χ0n) is 11.4. The molecule has 0 saturated carbocycles. The van der Waals surface area contributed by atoms with E-state index >= 15 is 0 Å². The summed E-state index contributed by atoms with van der Waals surface area (Å²) in [5.41, 5.74) is 0.794. The molecular formula is C14H15ClN2O3. The number of amides is 2. The lowest BCUT2D eigenvalue weighted by Crippen LogP contribution is -2.31. The molecular weight excluding hydrogens is 280 g/mol. The highest BCUT2D eigenvalue weighted by Gasteiger charge is 2.36. The fraction of sp³-hybridized carbons (Fsp3) is 0.357. The van der Waals surface area contributed by atoms with Crippen LogP contribution in [0.25, 0.3) is 0 Å². The number of benzene rings is 1. The average molecular weight is 295 g/mol. The number of carbonyl (C=O) groups excluding carboxylic acids is 3. The van der Waals surface area contributed by atoms with Gasteiger partial charge in [-0.2, -0.15) is 0 Å². The monoisotopic (exact) mass is 294 g/mol. The number of Topliss-reactive ketones (excluding diaryl/α,β-unsaturated/α-hetero) is 1. The number of carbonyl (C=O) groups is 3. The quantitative estimate of drug-likeness (QED) is 0.795. The summed E-state index contributed by atoms with van der Waals surface area (Å²) in [6.45, 7) is 0.331.